The number of hydrogen-bond acceptors (Lipinski definition) is 4. The van der Waals surface area contributed by atoms with Crippen molar-refractivity contribution >= 4 is 44.5 Å². The van der Waals surface area contributed by atoms with Crippen molar-refractivity contribution in [3.63, 3.8) is 0 Å². The van der Waals surface area contributed by atoms with Crippen molar-refractivity contribution in [1.29, 1.82) is 0 Å². The zero-order valence-electron chi connectivity index (χ0n) is 16.9. The van der Waals surface area contributed by atoms with Crippen LogP contribution in [0, 0.1) is 0 Å². The molecule has 6 nitrogen and oxygen atoms in total. The third-order valence-electron chi connectivity index (χ3n) is 5.20. The quantitative estimate of drug-likeness (QED) is 0.407. The van der Waals surface area contributed by atoms with Gasteiger partial charge in [-0.25, -0.2) is 13.9 Å². The average molecular weight is 461 g/mol. The van der Waals surface area contributed by atoms with E-state index >= 15 is 0 Å². The molecule has 0 aliphatic heterocycles. The van der Waals surface area contributed by atoms with Crippen LogP contribution in [0.4, 0.5) is 0 Å². The standard InChI is InChI=1S/C24H17ClN4O2S/c1-26-32(31)23-17-9-10-19(30)28-24(17)29-22(14-6-3-2-4-7-14)20(23)16-12-15-8-5-11-27-21(15)18(25)13-16/h2-13,26H,1H3,(H,28,29,30). The van der Waals surface area contributed by atoms with E-state index in [1.807, 2.05) is 54.6 Å². The number of aromatic nitrogens is 3. The lowest BCUT2D eigenvalue weighted by molar-refractivity contribution is 0.678. The average Bonchev–Trinajstić information content (AvgIpc) is 2.82. The van der Waals surface area contributed by atoms with E-state index in [0.29, 0.717) is 37.7 Å². The molecule has 1 atom stereocenters. The number of nitrogens with zero attached hydrogens (tertiary/aromatic N) is 2. The van der Waals surface area contributed by atoms with Crippen molar-refractivity contribution in [2.24, 2.45) is 0 Å². The first-order chi connectivity index (χ1) is 15.6. The SMILES string of the molecule is CNS(=O)c1c(-c2cc(Cl)c3ncccc3c2)c(-c2ccccc2)nc2[nH]c(=O)ccc12. The molecule has 0 saturated carbocycles. The minimum absolute atomic E-state index is 0.280. The van der Waals surface area contributed by atoms with Gasteiger partial charge in [0.05, 0.1) is 21.1 Å². The molecule has 158 valence electrons. The summed E-state index contributed by atoms with van der Waals surface area (Å²) in [6, 6.07) is 20.2. The number of pyridine rings is 3. The molecule has 0 radical (unpaired) electrons. The van der Waals surface area contributed by atoms with Crippen molar-refractivity contribution in [2.75, 3.05) is 7.05 Å². The van der Waals surface area contributed by atoms with Gasteiger partial charge in [0.25, 0.3) is 0 Å². The van der Waals surface area contributed by atoms with Crippen LogP contribution >= 0.6 is 11.6 Å². The molecular weight excluding hydrogens is 444 g/mol. The minimum atomic E-state index is -1.58. The molecule has 8 heteroatoms. The first-order valence-corrected chi connectivity index (χ1v) is 11.4. The van der Waals surface area contributed by atoms with Crippen LogP contribution in [0.3, 0.4) is 0 Å². The lowest BCUT2D eigenvalue weighted by Gasteiger charge is -2.17. The monoisotopic (exact) mass is 460 g/mol. The normalized spacial score (nSPS) is 12.3. The van der Waals surface area contributed by atoms with E-state index in [1.54, 1.807) is 19.3 Å². The molecule has 0 fully saturated rings. The highest BCUT2D eigenvalue weighted by Crippen LogP contribution is 2.40. The Labute approximate surface area is 190 Å². The summed E-state index contributed by atoms with van der Waals surface area (Å²) in [5.41, 5.74) is 3.63. The second-order valence-corrected chi connectivity index (χ2v) is 8.88. The predicted molar refractivity (Wildman–Crippen MR) is 129 cm³/mol. The molecule has 32 heavy (non-hydrogen) atoms. The van der Waals surface area contributed by atoms with E-state index in [2.05, 4.69) is 14.7 Å². The van der Waals surface area contributed by atoms with Crippen molar-refractivity contribution in [2.45, 2.75) is 4.90 Å². The molecule has 3 heterocycles. The van der Waals surface area contributed by atoms with Gasteiger partial charge in [-0.05, 0) is 36.9 Å². The molecule has 0 saturated heterocycles. The zero-order valence-corrected chi connectivity index (χ0v) is 18.5. The summed E-state index contributed by atoms with van der Waals surface area (Å²) in [5, 5.41) is 1.94. The molecule has 0 bridgehead atoms. The number of hydrogen-bond donors (Lipinski definition) is 2. The fourth-order valence-corrected chi connectivity index (χ4v) is 5.05. The summed E-state index contributed by atoms with van der Waals surface area (Å²) >= 11 is 6.59. The first kappa shape index (κ1) is 20.5. The Bertz CT molecular complexity index is 1570. The second kappa shape index (κ2) is 8.27. The summed E-state index contributed by atoms with van der Waals surface area (Å²) in [5.74, 6) is 0. The highest BCUT2D eigenvalue weighted by molar-refractivity contribution is 7.83. The number of H-pyrrole nitrogens is 1. The van der Waals surface area contributed by atoms with E-state index in [9.17, 15) is 9.00 Å². The Balaban J connectivity index is 1.97. The summed E-state index contributed by atoms with van der Waals surface area (Å²) < 4.78 is 16.1. The van der Waals surface area contributed by atoms with Gasteiger partial charge in [-0.3, -0.25) is 9.78 Å². The maximum absolute atomic E-state index is 13.3. The van der Waals surface area contributed by atoms with E-state index < -0.39 is 11.0 Å². The third kappa shape index (κ3) is 3.50. The Kier molecular flexibility index (Phi) is 5.30. The van der Waals surface area contributed by atoms with Crippen molar-refractivity contribution in [3.05, 3.63) is 88.3 Å². The fraction of sp³-hybridized carbons (Fsp3) is 0.0417. The smallest absolute Gasteiger partial charge is 0.249 e. The minimum Gasteiger partial charge on any atom is -0.307 e. The molecule has 0 amide bonds. The van der Waals surface area contributed by atoms with Gasteiger partial charge in [0.1, 0.15) is 16.6 Å². The maximum Gasteiger partial charge on any atom is 0.249 e. The van der Waals surface area contributed by atoms with Crippen molar-refractivity contribution in [1.82, 2.24) is 19.7 Å². The topological polar surface area (TPSA) is 87.7 Å². The Morgan fingerprint density at radius 1 is 1.00 bits per heavy atom. The molecule has 5 rings (SSSR count). The fourth-order valence-electron chi connectivity index (χ4n) is 3.80. The first-order valence-electron chi connectivity index (χ1n) is 9.83. The van der Waals surface area contributed by atoms with Gasteiger partial charge in [-0.2, -0.15) is 0 Å². The molecule has 0 aliphatic carbocycles. The number of halogens is 1. The zero-order chi connectivity index (χ0) is 22.2. The number of nitrogens with one attached hydrogen (secondary N) is 2. The van der Waals surface area contributed by atoms with Gasteiger partial charge in [0, 0.05) is 34.2 Å². The van der Waals surface area contributed by atoms with Gasteiger partial charge in [-0.1, -0.05) is 48.0 Å². The van der Waals surface area contributed by atoms with E-state index in [1.165, 1.54) is 6.07 Å². The van der Waals surface area contributed by atoms with Gasteiger partial charge in [-0.15, -0.1) is 0 Å². The molecular formula is C24H17ClN4O2S. The summed E-state index contributed by atoms with van der Waals surface area (Å²) in [6.45, 7) is 0. The summed E-state index contributed by atoms with van der Waals surface area (Å²) in [4.78, 5) is 24.5. The van der Waals surface area contributed by atoms with Crippen LogP contribution in [0.2, 0.25) is 5.02 Å². The van der Waals surface area contributed by atoms with Crippen LogP contribution < -0.4 is 10.3 Å². The van der Waals surface area contributed by atoms with Crippen LogP contribution in [0.25, 0.3) is 44.3 Å². The number of fused-ring (bicyclic) bond motifs is 2. The van der Waals surface area contributed by atoms with Crippen LogP contribution in [0.5, 0.6) is 0 Å². The highest BCUT2D eigenvalue weighted by atomic mass is 35.5. The van der Waals surface area contributed by atoms with Crippen LogP contribution in [-0.2, 0) is 11.0 Å². The molecule has 2 aromatic carbocycles. The van der Waals surface area contributed by atoms with E-state index in [0.717, 1.165) is 16.5 Å². The van der Waals surface area contributed by atoms with Crippen molar-refractivity contribution in [3.8, 4) is 22.4 Å². The van der Waals surface area contributed by atoms with Gasteiger partial charge in [0.15, 0.2) is 0 Å². The predicted octanol–water partition coefficient (Wildman–Crippen LogP) is 4.70. The number of benzene rings is 2. The molecule has 2 N–H and O–H groups in total. The Morgan fingerprint density at radius 2 is 1.81 bits per heavy atom. The van der Waals surface area contributed by atoms with Gasteiger partial charge in [0.2, 0.25) is 5.56 Å². The van der Waals surface area contributed by atoms with Crippen molar-refractivity contribution < 1.29 is 4.21 Å². The number of rotatable bonds is 4. The largest absolute Gasteiger partial charge is 0.307 e. The third-order valence-corrected chi connectivity index (χ3v) is 6.65. The van der Waals surface area contributed by atoms with Crippen LogP contribution in [-0.4, -0.2) is 26.2 Å². The molecule has 3 aromatic heterocycles. The van der Waals surface area contributed by atoms with Crippen LogP contribution in [0.1, 0.15) is 0 Å². The van der Waals surface area contributed by atoms with Gasteiger partial charge >= 0.3 is 0 Å². The van der Waals surface area contributed by atoms with Crippen LogP contribution in [0.15, 0.2) is 82.6 Å². The van der Waals surface area contributed by atoms with E-state index in [-0.39, 0.29) is 5.56 Å². The summed E-state index contributed by atoms with van der Waals surface area (Å²) in [7, 11) is 0.0436. The maximum atomic E-state index is 13.3. The second-order valence-electron chi connectivity index (χ2n) is 7.12. The van der Waals surface area contributed by atoms with Gasteiger partial charge < -0.3 is 4.98 Å². The molecule has 1 unspecified atom stereocenters. The molecule has 0 spiro atoms. The molecule has 0 aliphatic rings. The Hall–Kier alpha value is -3.39. The molecule has 5 aromatic rings. The highest BCUT2D eigenvalue weighted by Gasteiger charge is 2.23. The lowest BCUT2D eigenvalue weighted by atomic mass is 9.96. The van der Waals surface area contributed by atoms with E-state index in [4.69, 9.17) is 16.6 Å². The summed E-state index contributed by atoms with van der Waals surface area (Å²) in [6.07, 6.45) is 1.69. The Morgan fingerprint density at radius 3 is 2.59 bits per heavy atom. The lowest BCUT2D eigenvalue weighted by Crippen LogP contribution is -2.15. The number of aromatic amines is 1.